The SMILES string of the molecule is CCCCCNC1CN(c2nc3cccc(C(=O)OCC)c3s2)CCC1NC(=O)c1nc(Cl)c(CC)[nH]1. The van der Waals surface area contributed by atoms with Crippen LogP contribution in [-0.2, 0) is 11.2 Å². The third-order valence-corrected chi connectivity index (χ3v) is 8.06. The van der Waals surface area contributed by atoms with Crippen molar-refractivity contribution in [3.8, 4) is 0 Å². The second kappa shape index (κ2) is 12.7. The predicted molar refractivity (Wildman–Crippen MR) is 148 cm³/mol. The number of hydrogen-bond acceptors (Lipinski definition) is 8. The molecule has 4 rings (SSSR count). The van der Waals surface area contributed by atoms with E-state index in [1.54, 1.807) is 13.0 Å². The van der Waals surface area contributed by atoms with Crippen molar-refractivity contribution in [3.63, 3.8) is 0 Å². The maximum Gasteiger partial charge on any atom is 0.339 e. The first kappa shape index (κ1) is 27.3. The van der Waals surface area contributed by atoms with Crippen molar-refractivity contribution >= 4 is 50.2 Å². The molecule has 0 bridgehead atoms. The third kappa shape index (κ3) is 6.42. The Balaban J connectivity index is 1.51. The van der Waals surface area contributed by atoms with Gasteiger partial charge in [-0.25, -0.2) is 14.8 Å². The number of rotatable bonds is 11. The second-order valence-corrected chi connectivity index (χ2v) is 10.5. The van der Waals surface area contributed by atoms with E-state index in [0.29, 0.717) is 30.3 Å². The molecule has 3 N–H and O–H groups in total. The number of imidazole rings is 1. The molecule has 1 aliphatic heterocycles. The van der Waals surface area contributed by atoms with E-state index in [0.717, 1.165) is 59.8 Å². The van der Waals surface area contributed by atoms with Crippen LogP contribution in [0.2, 0.25) is 5.15 Å². The van der Waals surface area contributed by atoms with Gasteiger partial charge in [-0.05, 0) is 44.9 Å². The Labute approximate surface area is 226 Å². The zero-order valence-corrected chi connectivity index (χ0v) is 23.2. The first-order chi connectivity index (χ1) is 17.9. The monoisotopic (exact) mass is 546 g/mol. The van der Waals surface area contributed by atoms with Crippen molar-refractivity contribution in [3.05, 3.63) is 40.4 Å². The van der Waals surface area contributed by atoms with Crippen LogP contribution >= 0.6 is 22.9 Å². The molecular formula is C26H35ClN6O3S. The molecule has 1 amide bonds. The average molecular weight is 547 g/mol. The fraction of sp³-hybridized carbons (Fsp3) is 0.538. The average Bonchev–Trinajstić information content (AvgIpc) is 3.50. The van der Waals surface area contributed by atoms with Gasteiger partial charge in [-0.2, -0.15) is 0 Å². The first-order valence-electron chi connectivity index (χ1n) is 13.0. The van der Waals surface area contributed by atoms with Gasteiger partial charge in [0, 0.05) is 25.2 Å². The van der Waals surface area contributed by atoms with Crippen LogP contribution in [0.25, 0.3) is 10.2 Å². The number of halogens is 1. The molecule has 1 fully saturated rings. The van der Waals surface area contributed by atoms with Crippen LogP contribution in [-0.4, -0.2) is 65.2 Å². The van der Waals surface area contributed by atoms with Gasteiger partial charge in [-0.15, -0.1) is 0 Å². The van der Waals surface area contributed by atoms with Gasteiger partial charge >= 0.3 is 5.97 Å². The Morgan fingerprint density at radius 3 is 2.78 bits per heavy atom. The molecule has 37 heavy (non-hydrogen) atoms. The quantitative estimate of drug-likeness (QED) is 0.238. The van der Waals surface area contributed by atoms with Gasteiger partial charge in [-0.1, -0.05) is 55.7 Å². The Morgan fingerprint density at radius 2 is 2.05 bits per heavy atom. The maximum absolute atomic E-state index is 13.0. The summed E-state index contributed by atoms with van der Waals surface area (Å²) in [7, 11) is 0. The van der Waals surface area contributed by atoms with E-state index in [4.69, 9.17) is 21.3 Å². The Hall–Kier alpha value is -2.69. The van der Waals surface area contributed by atoms with E-state index < -0.39 is 0 Å². The number of ether oxygens (including phenoxy) is 1. The van der Waals surface area contributed by atoms with Crippen molar-refractivity contribution in [1.82, 2.24) is 25.6 Å². The predicted octanol–water partition coefficient (Wildman–Crippen LogP) is 4.57. The number of carbonyl (C=O) groups is 2. The van der Waals surface area contributed by atoms with Crippen LogP contribution in [0.5, 0.6) is 0 Å². The number of carbonyl (C=O) groups excluding carboxylic acids is 2. The van der Waals surface area contributed by atoms with Crippen molar-refractivity contribution < 1.29 is 14.3 Å². The highest BCUT2D eigenvalue weighted by molar-refractivity contribution is 7.22. The minimum atomic E-state index is -0.329. The first-order valence-corrected chi connectivity index (χ1v) is 14.2. The maximum atomic E-state index is 13.0. The molecule has 0 spiro atoms. The van der Waals surface area contributed by atoms with Gasteiger partial charge in [0.1, 0.15) is 0 Å². The summed E-state index contributed by atoms with van der Waals surface area (Å²) < 4.78 is 6.07. The summed E-state index contributed by atoms with van der Waals surface area (Å²) in [6.07, 6.45) is 4.79. The van der Waals surface area contributed by atoms with Gasteiger partial charge < -0.3 is 25.3 Å². The molecule has 3 heterocycles. The lowest BCUT2D eigenvalue weighted by molar-refractivity contribution is 0.0528. The van der Waals surface area contributed by atoms with Crippen LogP contribution in [0, 0.1) is 0 Å². The number of benzene rings is 1. The number of amides is 1. The summed E-state index contributed by atoms with van der Waals surface area (Å²) in [6.45, 7) is 8.56. The topological polar surface area (TPSA) is 112 Å². The van der Waals surface area contributed by atoms with Crippen LogP contribution in [0.4, 0.5) is 5.13 Å². The van der Waals surface area contributed by atoms with Gasteiger partial charge in [0.25, 0.3) is 5.91 Å². The number of unbranched alkanes of at least 4 members (excludes halogenated alkanes) is 2. The number of piperidine rings is 1. The molecule has 0 radical (unpaired) electrons. The number of hydrogen-bond donors (Lipinski definition) is 3. The Morgan fingerprint density at radius 1 is 1.22 bits per heavy atom. The summed E-state index contributed by atoms with van der Waals surface area (Å²) in [4.78, 5) is 39.7. The molecule has 1 aliphatic rings. The Kier molecular flexibility index (Phi) is 9.39. The number of nitrogens with one attached hydrogen (secondary N) is 3. The summed E-state index contributed by atoms with van der Waals surface area (Å²) in [5.74, 6) is -0.337. The van der Waals surface area contributed by atoms with Gasteiger partial charge in [0.2, 0.25) is 0 Å². The third-order valence-electron chi connectivity index (χ3n) is 6.58. The van der Waals surface area contributed by atoms with Crippen LogP contribution < -0.4 is 15.5 Å². The van der Waals surface area contributed by atoms with E-state index in [2.05, 4.69) is 32.4 Å². The van der Waals surface area contributed by atoms with E-state index >= 15 is 0 Å². The Bertz CT molecular complexity index is 1230. The molecule has 11 heteroatoms. The number of aromatic amines is 1. The van der Waals surface area contributed by atoms with Crippen molar-refractivity contribution in [1.29, 1.82) is 0 Å². The summed E-state index contributed by atoms with van der Waals surface area (Å²) in [5, 5.41) is 8.03. The van der Waals surface area contributed by atoms with E-state index in [1.807, 2.05) is 19.1 Å². The smallest absolute Gasteiger partial charge is 0.339 e. The number of thiazole rings is 1. The highest BCUT2D eigenvalue weighted by atomic mass is 35.5. The van der Waals surface area contributed by atoms with Crippen molar-refractivity contribution in [2.24, 2.45) is 0 Å². The van der Waals surface area contributed by atoms with Gasteiger partial charge in [0.15, 0.2) is 16.1 Å². The fourth-order valence-corrected chi connectivity index (χ4v) is 5.94. The molecular weight excluding hydrogens is 512 g/mol. The lowest BCUT2D eigenvalue weighted by Gasteiger charge is -2.39. The summed E-state index contributed by atoms with van der Waals surface area (Å²) in [5.41, 5.74) is 2.09. The van der Waals surface area contributed by atoms with Gasteiger partial charge in [0.05, 0.1) is 28.1 Å². The number of nitrogens with zero attached hydrogens (tertiary/aromatic N) is 3. The number of esters is 1. The molecule has 9 nitrogen and oxygen atoms in total. The second-order valence-electron chi connectivity index (χ2n) is 9.16. The molecule has 1 saturated heterocycles. The minimum Gasteiger partial charge on any atom is -0.462 e. The summed E-state index contributed by atoms with van der Waals surface area (Å²) >= 11 is 7.66. The number of aromatic nitrogens is 3. The summed E-state index contributed by atoms with van der Waals surface area (Å²) in [6, 6.07) is 5.51. The largest absolute Gasteiger partial charge is 0.462 e. The normalized spacial score (nSPS) is 17.8. The standard InChI is InChI=1S/C26H35ClN6O3S/c1-4-7-8-13-28-20-15-33(14-12-18(20)30-24(34)23-29-17(5-2)22(27)32-23)26-31-19-11-9-10-16(21(19)37-26)25(35)36-6-3/h9-11,18,20,28H,4-8,12-15H2,1-3H3,(H,29,32)(H,30,34). The van der Waals surface area contributed by atoms with Crippen LogP contribution in [0.15, 0.2) is 18.2 Å². The number of H-pyrrole nitrogens is 1. The molecule has 0 saturated carbocycles. The van der Waals surface area contributed by atoms with Gasteiger partial charge in [-0.3, -0.25) is 4.79 Å². The number of fused-ring (bicyclic) bond motifs is 1. The highest BCUT2D eigenvalue weighted by Crippen LogP contribution is 2.33. The zero-order valence-electron chi connectivity index (χ0n) is 21.6. The highest BCUT2D eigenvalue weighted by Gasteiger charge is 2.32. The molecule has 200 valence electrons. The number of anilines is 1. The number of aryl methyl sites for hydroxylation is 1. The molecule has 2 unspecified atom stereocenters. The van der Waals surface area contributed by atoms with Crippen LogP contribution in [0.3, 0.4) is 0 Å². The fourth-order valence-electron chi connectivity index (χ4n) is 4.58. The van der Waals surface area contributed by atoms with Crippen molar-refractivity contribution in [2.75, 3.05) is 31.1 Å². The molecule has 2 atom stereocenters. The lowest BCUT2D eigenvalue weighted by atomic mass is 9.99. The minimum absolute atomic E-state index is 0.0298. The van der Waals surface area contributed by atoms with E-state index in [1.165, 1.54) is 11.3 Å². The van der Waals surface area contributed by atoms with E-state index in [9.17, 15) is 9.59 Å². The van der Waals surface area contributed by atoms with Crippen molar-refractivity contribution in [2.45, 2.75) is 65.0 Å². The molecule has 1 aromatic carbocycles. The molecule has 2 aromatic heterocycles. The van der Waals surface area contributed by atoms with Crippen LogP contribution in [0.1, 0.15) is 73.1 Å². The molecule has 0 aliphatic carbocycles. The molecule has 3 aromatic rings. The lowest BCUT2D eigenvalue weighted by Crippen LogP contribution is -2.59. The zero-order chi connectivity index (χ0) is 26.4. The van der Waals surface area contributed by atoms with E-state index in [-0.39, 0.29) is 29.8 Å².